The van der Waals surface area contributed by atoms with Crippen molar-refractivity contribution in [3.05, 3.63) is 35.9 Å². The lowest BCUT2D eigenvalue weighted by atomic mass is 10.2. The fourth-order valence-corrected chi connectivity index (χ4v) is 1.79. The Bertz CT molecular complexity index is 409. The quantitative estimate of drug-likeness (QED) is 0.768. The average molecular weight is 216 g/mol. The molecule has 6 heteroatoms. The van der Waals surface area contributed by atoms with Crippen LogP contribution >= 0.6 is 0 Å². The molecule has 0 bridgehead atoms. The van der Waals surface area contributed by atoms with E-state index in [4.69, 9.17) is 5.11 Å². The van der Waals surface area contributed by atoms with E-state index < -0.39 is 22.0 Å². The molecule has 5 nitrogen and oxygen atoms in total. The molecule has 1 N–H and O–H groups in total. The highest BCUT2D eigenvalue weighted by molar-refractivity contribution is 7.86. The van der Waals surface area contributed by atoms with Gasteiger partial charge in [0.15, 0.2) is 0 Å². The minimum Gasteiger partial charge on any atom is -0.449 e. The van der Waals surface area contributed by atoms with Crippen molar-refractivity contribution in [1.29, 1.82) is 0 Å². The van der Waals surface area contributed by atoms with Crippen LogP contribution in [0.2, 0.25) is 0 Å². The summed E-state index contributed by atoms with van der Waals surface area (Å²) in [6, 6.07) is 8.19. The van der Waals surface area contributed by atoms with Gasteiger partial charge in [-0.05, 0) is 5.56 Å². The van der Waals surface area contributed by atoms with Gasteiger partial charge in [-0.25, -0.2) is 4.79 Å². The third-order valence-corrected chi connectivity index (χ3v) is 2.47. The molecule has 0 fully saturated rings. The van der Waals surface area contributed by atoms with Crippen molar-refractivity contribution in [1.82, 2.24) is 0 Å². The van der Waals surface area contributed by atoms with E-state index in [1.807, 2.05) is 0 Å². The minimum absolute atomic E-state index is 0.444. The zero-order valence-corrected chi connectivity index (χ0v) is 7.90. The van der Waals surface area contributed by atoms with Crippen LogP contribution in [0, 0.1) is 0 Å². The molecule has 76 valence electrons. The van der Waals surface area contributed by atoms with E-state index in [9.17, 15) is 13.2 Å². The van der Waals surface area contributed by atoms with Gasteiger partial charge in [-0.2, -0.15) is 8.42 Å². The zero-order valence-electron chi connectivity index (χ0n) is 7.08. The van der Waals surface area contributed by atoms with Crippen LogP contribution in [-0.4, -0.2) is 19.7 Å². The molecule has 1 aromatic carbocycles. The molecule has 0 aliphatic rings. The summed E-state index contributed by atoms with van der Waals surface area (Å²) in [4.78, 5) is 10.0. The number of hydrogen-bond acceptors (Lipinski definition) is 4. The van der Waals surface area contributed by atoms with Crippen LogP contribution in [-0.2, 0) is 20.1 Å². The summed E-state index contributed by atoms with van der Waals surface area (Å²) in [5.41, 5.74) is 0.480. The van der Waals surface area contributed by atoms with Crippen LogP contribution in [0.5, 0.6) is 0 Å². The second-order valence-electron chi connectivity index (χ2n) is 2.54. The Morgan fingerprint density at radius 1 is 1.29 bits per heavy atom. The van der Waals surface area contributed by atoms with Gasteiger partial charge in [-0.15, -0.1) is 0 Å². The van der Waals surface area contributed by atoms with E-state index >= 15 is 0 Å². The fraction of sp³-hybridized carbons (Fsp3) is 0.125. The summed E-state index contributed by atoms with van der Waals surface area (Å²) in [6.07, 6.45) is -1.82. The fourth-order valence-electron chi connectivity index (χ4n) is 0.916. The van der Waals surface area contributed by atoms with E-state index in [0.717, 1.165) is 0 Å². The van der Waals surface area contributed by atoms with Crippen molar-refractivity contribution in [3.8, 4) is 0 Å². The molecule has 0 atom stereocenters. The second kappa shape index (κ2) is 4.10. The van der Waals surface area contributed by atoms with E-state index in [2.05, 4.69) is 4.18 Å². The molecule has 0 radical (unpaired) electrons. The molecule has 0 spiro atoms. The van der Waals surface area contributed by atoms with Crippen LogP contribution in [0.15, 0.2) is 30.3 Å². The molecule has 1 aromatic rings. The second-order valence-corrected chi connectivity index (χ2v) is 4.11. The van der Waals surface area contributed by atoms with Crippen molar-refractivity contribution < 1.29 is 22.5 Å². The smallest absolute Gasteiger partial charge is 0.449 e. The van der Waals surface area contributed by atoms with Crippen molar-refractivity contribution in [3.63, 3.8) is 0 Å². The topological polar surface area (TPSA) is 80.7 Å². The van der Waals surface area contributed by atoms with Crippen molar-refractivity contribution in [2.24, 2.45) is 0 Å². The van der Waals surface area contributed by atoms with Crippen LogP contribution in [0.1, 0.15) is 5.56 Å². The third-order valence-electron chi connectivity index (χ3n) is 1.38. The molecule has 14 heavy (non-hydrogen) atoms. The Morgan fingerprint density at radius 3 is 2.36 bits per heavy atom. The summed E-state index contributed by atoms with van der Waals surface area (Å²) < 4.78 is 25.7. The van der Waals surface area contributed by atoms with Gasteiger partial charge in [0.05, 0.1) is 0 Å². The Labute approximate surface area is 81.1 Å². The van der Waals surface area contributed by atoms with Gasteiger partial charge in [0.2, 0.25) is 0 Å². The summed E-state index contributed by atoms with van der Waals surface area (Å²) in [5.74, 6) is -0.444. The van der Waals surface area contributed by atoms with E-state index in [1.165, 1.54) is 0 Å². The first kappa shape index (κ1) is 10.5. The first-order valence-corrected chi connectivity index (χ1v) is 5.26. The van der Waals surface area contributed by atoms with Crippen molar-refractivity contribution >= 4 is 16.3 Å². The van der Waals surface area contributed by atoms with Gasteiger partial charge < -0.3 is 9.29 Å². The van der Waals surface area contributed by atoms with Gasteiger partial charge >= 0.3 is 16.3 Å². The van der Waals surface area contributed by atoms with Crippen LogP contribution < -0.4 is 0 Å². The highest BCUT2D eigenvalue weighted by Crippen LogP contribution is 2.06. The number of rotatable bonds is 3. The maximum Gasteiger partial charge on any atom is 0.521 e. The molecule has 0 amide bonds. The van der Waals surface area contributed by atoms with Crippen LogP contribution in [0.25, 0.3) is 0 Å². The van der Waals surface area contributed by atoms with E-state index in [0.29, 0.717) is 5.56 Å². The molecule has 0 unspecified atom stereocenters. The van der Waals surface area contributed by atoms with Gasteiger partial charge in [0.25, 0.3) is 0 Å². The summed E-state index contributed by atoms with van der Waals surface area (Å²) in [7, 11) is -4.03. The lowest BCUT2D eigenvalue weighted by Crippen LogP contribution is -2.12. The Balaban J connectivity index is 2.74. The SMILES string of the molecule is O=C(O)OS(=O)(=O)Cc1ccccc1. The Morgan fingerprint density at radius 2 is 1.86 bits per heavy atom. The molecular weight excluding hydrogens is 208 g/mol. The molecule has 1 rings (SSSR count). The Hall–Kier alpha value is -1.56. The molecule has 0 aliphatic heterocycles. The molecule has 0 aromatic heterocycles. The van der Waals surface area contributed by atoms with Crippen molar-refractivity contribution in [2.45, 2.75) is 5.75 Å². The molecular formula is C8H8O5S. The van der Waals surface area contributed by atoms with Gasteiger partial charge in [0, 0.05) is 0 Å². The van der Waals surface area contributed by atoms with E-state index in [-0.39, 0.29) is 0 Å². The van der Waals surface area contributed by atoms with Gasteiger partial charge in [0.1, 0.15) is 5.75 Å². The van der Waals surface area contributed by atoms with Gasteiger partial charge in [-0.3, -0.25) is 0 Å². The largest absolute Gasteiger partial charge is 0.521 e. The van der Waals surface area contributed by atoms with Gasteiger partial charge in [-0.1, -0.05) is 30.3 Å². The number of hydrogen-bond donors (Lipinski definition) is 1. The van der Waals surface area contributed by atoms with E-state index in [1.54, 1.807) is 30.3 Å². The summed E-state index contributed by atoms with van der Waals surface area (Å²) in [6.45, 7) is 0. The number of carboxylic acid groups (broad SMARTS) is 1. The molecule has 0 saturated carbocycles. The first-order chi connectivity index (χ1) is 6.49. The lowest BCUT2D eigenvalue weighted by Gasteiger charge is -2.01. The minimum atomic E-state index is -4.03. The van der Waals surface area contributed by atoms with Crippen LogP contribution in [0.4, 0.5) is 4.79 Å². The Kier molecular flexibility index (Phi) is 3.08. The predicted octanol–water partition coefficient (Wildman–Crippen LogP) is 1.21. The highest BCUT2D eigenvalue weighted by atomic mass is 32.2. The lowest BCUT2D eigenvalue weighted by molar-refractivity contribution is 0.147. The van der Waals surface area contributed by atoms with Crippen LogP contribution in [0.3, 0.4) is 0 Å². The van der Waals surface area contributed by atoms with Crippen molar-refractivity contribution in [2.75, 3.05) is 0 Å². The maximum atomic E-state index is 11.0. The standard InChI is InChI=1S/C8H8O5S/c9-8(10)13-14(11,12)6-7-4-2-1-3-5-7/h1-5H,6H2,(H,9,10). The molecule has 0 aliphatic carbocycles. The average Bonchev–Trinajstić information content (AvgIpc) is 2.02. The monoisotopic (exact) mass is 216 g/mol. The third kappa shape index (κ3) is 3.44. The summed E-state index contributed by atoms with van der Waals surface area (Å²) >= 11 is 0. The molecule has 0 saturated heterocycles. The molecule has 0 heterocycles. The first-order valence-electron chi connectivity index (χ1n) is 3.68. The maximum absolute atomic E-state index is 11.0. The number of benzene rings is 1. The normalized spacial score (nSPS) is 10.9. The predicted molar refractivity (Wildman–Crippen MR) is 48.2 cm³/mol. The highest BCUT2D eigenvalue weighted by Gasteiger charge is 2.16. The number of carbonyl (C=O) groups is 1. The zero-order chi connectivity index (χ0) is 10.6. The summed E-state index contributed by atoms with van der Waals surface area (Å²) in [5, 5.41) is 8.13.